The van der Waals surface area contributed by atoms with E-state index >= 15 is 0 Å². The molecule has 3 rings (SSSR count). The SMILES string of the molecule is CC(C)(C)OC(=O)Nn1c(-c2ccc(O)cc2)cc2ccccc2c1=O. The van der Waals surface area contributed by atoms with Gasteiger partial charge >= 0.3 is 6.09 Å². The van der Waals surface area contributed by atoms with Gasteiger partial charge in [-0.3, -0.25) is 4.79 Å². The van der Waals surface area contributed by atoms with Gasteiger partial charge < -0.3 is 9.84 Å². The molecule has 26 heavy (non-hydrogen) atoms. The molecule has 0 aliphatic heterocycles. The molecule has 0 fully saturated rings. The molecule has 2 aromatic carbocycles. The van der Waals surface area contributed by atoms with Crippen molar-refractivity contribution < 1.29 is 14.6 Å². The van der Waals surface area contributed by atoms with E-state index in [1.807, 2.05) is 12.1 Å². The average molecular weight is 352 g/mol. The monoisotopic (exact) mass is 352 g/mol. The zero-order chi connectivity index (χ0) is 18.9. The number of nitrogens with zero attached hydrogens (tertiary/aromatic N) is 1. The van der Waals surface area contributed by atoms with Crippen molar-refractivity contribution in [1.82, 2.24) is 4.68 Å². The number of benzene rings is 2. The van der Waals surface area contributed by atoms with Crippen LogP contribution in [0.1, 0.15) is 20.8 Å². The fourth-order valence-electron chi connectivity index (χ4n) is 2.61. The Kier molecular flexibility index (Phi) is 4.42. The van der Waals surface area contributed by atoms with Crippen molar-refractivity contribution in [3.8, 4) is 17.0 Å². The van der Waals surface area contributed by atoms with Crippen LogP contribution in [0.3, 0.4) is 0 Å². The summed E-state index contributed by atoms with van der Waals surface area (Å²) < 4.78 is 6.44. The highest BCUT2D eigenvalue weighted by Crippen LogP contribution is 2.23. The fraction of sp³-hybridized carbons (Fsp3) is 0.200. The van der Waals surface area contributed by atoms with E-state index in [0.717, 1.165) is 5.39 Å². The summed E-state index contributed by atoms with van der Waals surface area (Å²) >= 11 is 0. The van der Waals surface area contributed by atoms with E-state index in [9.17, 15) is 14.7 Å². The summed E-state index contributed by atoms with van der Waals surface area (Å²) in [7, 11) is 0. The Hall–Kier alpha value is -3.28. The normalized spacial score (nSPS) is 11.3. The predicted octanol–water partition coefficient (Wildman–Crippen LogP) is 3.85. The average Bonchev–Trinajstić information content (AvgIpc) is 2.56. The van der Waals surface area contributed by atoms with Crippen LogP contribution >= 0.6 is 0 Å². The molecule has 0 atom stereocenters. The number of fused-ring (bicyclic) bond motifs is 1. The Balaban J connectivity index is 2.16. The Morgan fingerprint density at radius 1 is 1.08 bits per heavy atom. The predicted molar refractivity (Wildman–Crippen MR) is 101 cm³/mol. The number of carbonyl (C=O) groups is 1. The number of aromatic hydroxyl groups is 1. The maximum atomic E-state index is 12.9. The molecule has 3 aromatic rings. The molecule has 0 aliphatic rings. The first-order valence-electron chi connectivity index (χ1n) is 8.19. The zero-order valence-corrected chi connectivity index (χ0v) is 14.8. The number of phenolic OH excluding ortho intramolecular Hbond substituents is 1. The quantitative estimate of drug-likeness (QED) is 0.734. The van der Waals surface area contributed by atoms with E-state index in [4.69, 9.17) is 4.74 Å². The molecule has 0 bridgehead atoms. The third kappa shape index (κ3) is 3.69. The molecule has 0 aliphatic carbocycles. The Morgan fingerprint density at radius 3 is 2.38 bits per heavy atom. The standard InChI is InChI=1S/C20H20N2O4/c1-20(2,3)26-19(25)21-22-17(13-8-10-15(23)11-9-13)12-14-6-4-5-7-16(14)18(22)24/h4-12,23H,1-3H3,(H,21,25). The van der Waals surface area contributed by atoms with E-state index in [-0.39, 0.29) is 11.3 Å². The van der Waals surface area contributed by atoms with E-state index in [1.54, 1.807) is 51.1 Å². The molecule has 0 radical (unpaired) electrons. The maximum Gasteiger partial charge on any atom is 0.427 e. The second-order valence-corrected chi connectivity index (χ2v) is 6.92. The largest absolute Gasteiger partial charge is 0.508 e. The Labute approximate surface area is 150 Å². The first-order valence-corrected chi connectivity index (χ1v) is 8.19. The summed E-state index contributed by atoms with van der Waals surface area (Å²) in [6.45, 7) is 5.24. The topological polar surface area (TPSA) is 80.6 Å². The van der Waals surface area contributed by atoms with Crippen molar-refractivity contribution in [2.24, 2.45) is 0 Å². The molecule has 134 valence electrons. The molecule has 1 aromatic heterocycles. The molecule has 0 unspecified atom stereocenters. The maximum absolute atomic E-state index is 12.9. The smallest absolute Gasteiger partial charge is 0.427 e. The number of amides is 1. The lowest BCUT2D eigenvalue weighted by Gasteiger charge is -2.21. The van der Waals surface area contributed by atoms with E-state index in [0.29, 0.717) is 16.6 Å². The summed E-state index contributed by atoms with van der Waals surface area (Å²) in [6, 6.07) is 15.3. The van der Waals surface area contributed by atoms with Gasteiger partial charge in [-0.25, -0.2) is 14.9 Å². The van der Waals surface area contributed by atoms with Crippen LogP contribution < -0.4 is 11.0 Å². The minimum Gasteiger partial charge on any atom is -0.508 e. The van der Waals surface area contributed by atoms with Crippen molar-refractivity contribution >= 4 is 16.9 Å². The second-order valence-electron chi connectivity index (χ2n) is 6.92. The third-order valence-corrected chi connectivity index (χ3v) is 3.69. The highest BCUT2D eigenvalue weighted by Gasteiger charge is 2.19. The molecule has 2 N–H and O–H groups in total. The van der Waals surface area contributed by atoms with Crippen LogP contribution in [0, 0.1) is 0 Å². The number of hydrogen-bond acceptors (Lipinski definition) is 4. The van der Waals surface area contributed by atoms with Crippen LogP contribution in [0.15, 0.2) is 59.4 Å². The van der Waals surface area contributed by atoms with Crippen LogP contribution in [0.4, 0.5) is 4.79 Å². The van der Waals surface area contributed by atoms with E-state index < -0.39 is 11.7 Å². The summed E-state index contributed by atoms with van der Waals surface area (Å²) in [5, 5.41) is 10.7. The highest BCUT2D eigenvalue weighted by molar-refractivity contribution is 5.87. The van der Waals surface area contributed by atoms with E-state index in [1.165, 1.54) is 16.8 Å². The van der Waals surface area contributed by atoms with Gasteiger partial charge in [-0.05, 0) is 62.6 Å². The summed E-state index contributed by atoms with van der Waals surface area (Å²) in [6.07, 6.45) is -0.727. The number of aromatic nitrogens is 1. The van der Waals surface area contributed by atoms with Gasteiger partial charge in [0.05, 0.1) is 5.69 Å². The van der Waals surface area contributed by atoms with Crippen molar-refractivity contribution in [2.45, 2.75) is 26.4 Å². The lowest BCUT2D eigenvalue weighted by molar-refractivity contribution is 0.0612. The molecule has 6 nitrogen and oxygen atoms in total. The summed E-state index contributed by atoms with van der Waals surface area (Å²) in [5.74, 6) is 0.114. The number of phenols is 1. The van der Waals surface area contributed by atoms with Crippen molar-refractivity contribution in [3.05, 3.63) is 65.0 Å². The number of nitrogens with one attached hydrogen (secondary N) is 1. The second kappa shape index (κ2) is 6.55. The number of carbonyl (C=O) groups excluding carboxylic acids is 1. The first kappa shape index (κ1) is 17.5. The number of ether oxygens (including phenoxy) is 1. The van der Waals surface area contributed by atoms with Gasteiger partial charge in [0.25, 0.3) is 5.56 Å². The third-order valence-electron chi connectivity index (χ3n) is 3.69. The number of rotatable bonds is 2. The zero-order valence-electron chi connectivity index (χ0n) is 14.8. The number of hydrogen-bond donors (Lipinski definition) is 2. The minimum atomic E-state index is -0.727. The van der Waals surface area contributed by atoms with Gasteiger partial charge in [-0.2, -0.15) is 0 Å². The first-order chi connectivity index (χ1) is 12.2. The fourth-order valence-corrected chi connectivity index (χ4v) is 2.61. The Bertz CT molecular complexity index is 1010. The lowest BCUT2D eigenvalue weighted by atomic mass is 10.1. The number of pyridine rings is 1. The molecule has 1 amide bonds. The van der Waals surface area contributed by atoms with Gasteiger partial charge in [-0.15, -0.1) is 0 Å². The van der Waals surface area contributed by atoms with Crippen molar-refractivity contribution in [2.75, 3.05) is 5.43 Å². The summed E-state index contributed by atoms with van der Waals surface area (Å²) in [4.78, 5) is 25.2. The van der Waals surface area contributed by atoms with Crippen molar-refractivity contribution in [1.29, 1.82) is 0 Å². The van der Waals surface area contributed by atoms with Crippen LogP contribution in [0.25, 0.3) is 22.0 Å². The molecular formula is C20H20N2O4. The van der Waals surface area contributed by atoms with E-state index in [2.05, 4.69) is 5.43 Å². The van der Waals surface area contributed by atoms with Crippen LogP contribution in [-0.4, -0.2) is 21.5 Å². The summed E-state index contributed by atoms with van der Waals surface area (Å²) in [5.41, 5.74) is 2.62. The van der Waals surface area contributed by atoms with Crippen LogP contribution in [-0.2, 0) is 4.74 Å². The minimum absolute atomic E-state index is 0.114. The Morgan fingerprint density at radius 2 is 1.73 bits per heavy atom. The highest BCUT2D eigenvalue weighted by atomic mass is 16.6. The van der Waals surface area contributed by atoms with Gasteiger partial charge in [0, 0.05) is 10.9 Å². The molecule has 0 saturated heterocycles. The molecule has 6 heteroatoms. The van der Waals surface area contributed by atoms with Gasteiger partial charge in [0.1, 0.15) is 11.4 Å². The van der Waals surface area contributed by atoms with Crippen LogP contribution in [0.2, 0.25) is 0 Å². The molecule has 0 spiro atoms. The van der Waals surface area contributed by atoms with Gasteiger partial charge in [-0.1, -0.05) is 18.2 Å². The van der Waals surface area contributed by atoms with Gasteiger partial charge in [0.2, 0.25) is 0 Å². The van der Waals surface area contributed by atoms with Crippen LogP contribution in [0.5, 0.6) is 5.75 Å². The molecule has 0 saturated carbocycles. The van der Waals surface area contributed by atoms with Crippen molar-refractivity contribution in [3.63, 3.8) is 0 Å². The molecular weight excluding hydrogens is 332 g/mol. The lowest BCUT2D eigenvalue weighted by Crippen LogP contribution is -2.37. The van der Waals surface area contributed by atoms with Gasteiger partial charge in [0.15, 0.2) is 0 Å². The molecule has 1 heterocycles.